The summed E-state index contributed by atoms with van der Waals surface area (Å²) in [5, 5.41) is 2.87. The van der Waals surface area contributed by atoms with Crippen molar-refractivity contribution in [1.82, 2.24) is 19.8 Å². The van der Waals surface area contributed by atoms with Gasteiger partial charge in [0.15, 0.2) is 11.6 Å². The highest BCUT2D eigenvalue weighted by Gasteiger charge is 2.13. The lowest BCUT2D eigenvalue weighted by Crippen LogP contribution is -2.44. The van der Waals surface area contributed by atoms with E-state index in [2.05, 4.69) is 32.1 Å². The van der Waals surface area contributed by atoms with Crippen molar-refractivity contribution in [2.45, 2.75) is 6.42 Å². The minimum absolute atomic E-state index is 0.206. The molecule has 2 heterocycles. The Bertz CT molecular complexity index is 794. The average molecular weight is 388 g/mol. The summed E-state index contributed by atoms with van der Waals surface area (Å²) in [5.41, 5.74) is 5.83. The van der Waals surface area contributed by atoms with Gasteiger partial charge in [-0.3, -0.25) is 4.79 Å². The molecule has 1 fully saturated rings. The maximum absolute atomic E-state index is 14.3. The molecule has 1 aliphatic rings. The molecule has 1 amide bonds. The largest absolute Gasteiger partial charge is 0.490 e. The van der Waals surface area contributed by atoms with Gasteiger partial charge >= 0.3 is 0 Å². The zero-order valence-corrected chi connectivity index (χ0v) is 15.9. The maximum atomic E-state index is 14.3. The molecule has 0 saturated carbocycles. The van der Waals surface area contributed by atoms with Gasteiger partial charge in [0.25, 0.3) is 5.91 Å². The van der Waals surface area contributed by atoms with E-state index < -0.39 is 11.7 Å². The minimum atomic E-state index is -0.605. The first kappa shape index (κ1) is 20.0. The topological polar surface area (TPSA) is 96.6 Å². The zero-order valence-electron chi connectivity index (χ0n) is 15.9. The fraction of sp³-hybridized carbons (Fsp3) is 0.421. The van der Waals surface area contributed by atoms with Crippen LogP contribution < -0.4 is 15.8 Å². The third-order valence-electron chi connectivity index (χ3n) is 4.60. The molecule has 0 aliphatic carbocycles. The molecule has 3 N–H and O–H groups in total. The average Bonchev–Trinajstić information content (AvgIpc) is 2.68. The molecule has 150 valence electrons. The lowest BCUT2D eigenvalue weighted by Gasteiger charge is -2.32. The second-order valence-electron chi connectivity index (χ2n) is 6.78. The molecule has 1 saturated heterocycles. The van der Waals surface area contributed by atoms with Crippen molar-refractivity contribution < 1.29 is 13.9 Å². The molecule has 2 aromatic rings. The Balaban J connectivity index is 1.46. The van der Waals surface area contributed by atoms with Crippen LogP contribution >= 0.6 is 0 Å². The van der Waals surface area contributed by atoms with Gasteiger partial charge in [0, 0.05) is 56.9 Å². The summed E-state index contributed by atoms with van der Waals surface area (Å²) < 4.78 is 19.8. The number of anilines is 2. The van der Waals surface area contributed by atoms with Crippen LogP contribution in [-0.2, 0) is 0 Å². The van der Waals surface area contributed by atoms with Gasteiger partial charge < -0.3 is 25.6 Å². The highest BCUT2D eigenvalue weighted by Crippen LogP contribution is 2.23. The molecular weight excluding hydrogens is 363 g/mol. The van der Waals surface area contributed by atoms with Gasteiger partial charge in [-0.1, -0.05) is 0 Å². The highest BCUT2D eigenvalue weighted by atomic mass is 19.1. The Hall–Kier alpha value is -2.78. The van der Waals surface area contributed by atoms with E-state index in [1.807, 2.05) is 0 Å². The summed E-state index contributed by atoms with van der Waals surface area (Å²) in [4.78, 5) is 23.7. The normalized spacial score (nSPS) is 15.4. The Kier molecular flexibility index (Phi) is 6.72. The number of hydrogen-bond acceptors (Lipinski definition) is 7. The summed E-state index contributed by atoms with van der Waals surface area (Å²) in [6, 6.07) is 4.58. The van der Waals surface area contributed by atoms with E-state index >= 15 is 0 Å². The Morgan fingerprint density at radius 3 is 2.61 bits per heavy atom. The molecule has 1 aromatic heterocycles. The summed E-state index contributed by atoms with van der Waals surface area (Å²) in [5.74, 6) is -0.607. The van der Waals surface area contributed by atoms with E-state index in [-0.39, 0.29) is 17.3 Å². The quantitative estimate of drug-likeness (QED) is 0.661. The van der Waals surface area contributed by atoms with Crippen LogP contribution in [0.25, 0.3) is 0 Å². The van der Waals surface area contributed by atoms with Crippen LogP contribution in [0.4, 0.5) is 16.0 Å². The van der Waals surface area contributed by atoms with Gasteiger partial charge in [0.05, 0.1) is 12.2 Å². The van der Waals surface area contributed by atoms with Crippen molar-refractivity contribution >= 4 is 17.5 Å². The van der Waals surface area contributed by atoms with Gasteiger partial charge in [-0.25, -0.2) is 14.4 Å². The minimum Gasteiger partial charge on any atom is -0.490 e. The number of likely N-dealkylation sites (N-methyl/N-ethyl adjacent to an activating group) is 1. The number of amides is 1. The second kappa shape index (κ2) is 9.43. The lowest BCUT2D eigenvalue weighted by atomic mass is 10.3. The molecular formula is C19H25FN6O2. The molecule has 1 aliphatic heterocycles. The molecule has 28 heavy (non-hydrogen) atoms. The number of rotatable bonds is 8. The Labute approximate surface area is 163 Å². The van der Waals surface area contributed by atoms with Crippen LogP contribution in [-0.4, -0.2) is 72.1 Å². The van der Waals surface area contributed by atoms with Crippen LogP contribution in [0.1, 0.15) is 16.8 Å². The second-order valence-corrected chi connectivity index (χ2v) is 6.78. The summed E-state index contributed by atoms with van der Waals surface area (Å²) in [6.07, 6.45) is 3.47. The number of nitrogens with two attached hydrogens (primary N) is 1. The zero-order chi connectivity index (χ0) is 19.9. The van der Waals surface area contributed by atoms with Gasteiger partial charge in [-0.05, 0) is 25.6 Å². The van der Waals surface area contributed by atoms with Crippen LogP contribution in [0.15, 0.2) is 30.6 Å². The molecule has 1 aromatic carbocycles. The van der Waals surface area contributed by atoms with Crippen molar-refractivity contribution in [2.75, 3.05) is 51.7 Å². The number of hydrogen-bond donors (Lipinski definition) is 2. The van der Waals surface area contributed by atoms with Crippen LogP contribution in [0.3, 0.4) is 0 Å². The van der Waals surface area contributed by atoms with E-state index in [9.17, 15) is 9.18 Å². The predicted molar refractivity (Wildman–Crippen MR) is 104 cm³/mol. The number of carbonyl (C=O) groups is 1. The standard InChI is InChI=1S/C19H25FN6O2/c1-25-6-8-26(9-7-25)5-2-10-28-17-4-3-15(11-16(17)20)24-19-22-12-14(13-23-19)18(21)27/h3-4,11-13H,2,5-10H2,1H3,(H2,21,27)(H,22,23,24). The predicted octanol–water partition coefficient (Wildman–Crippen LogP) is 1.47. The van der Waals surface area contributed by atoms with Crippen LogP contribution in [0, 0.1) is 5.82 Å². The van der Waals surface area contributed by atoms with Crippen molar-refractivity contribution in [3.63, 3.8) is 0 Å². The van der Waals surface area contributed by atoms with E-state index in [1.54, 1.807) is 12.1 Å². The van der Waals surface area contributed by atoms with Crippen LogP contribution in [0.2, 0.25) is 0 Å². The fourth-order valence-corrected chi connectivity index (χ4v) is 2.89. The van der Waals surface area contributed by atoms with Crippen LogP contribution in [0.5, 0.6) is 5.75 Å². The first-order valence-electron chi connectivity index (χ1n) is 9.23. The maximum Gasteiger partial charge on any atom is 0.251 e. The molecule has 0 radical (unpaired) electrons. The third kappa shape index (κ3) is 5.61. The van der Waals surface area contributed by atoms with Gasteiger partial charge in [0.2, 0.25) is 5.95 Å². The highest BCUT2D eigenvalue weighted by molar-refractivity contribution is 5.92. The number of halogens is 1. The molecule has 3 rings (SSSR count). The SMILES string of the molecule is CN1CCN(CCCOc2ccc(Nc3ncc(C(N)=O)cn3)cc2F)CC1. The molecule has 0 bridgehead atoms. The molecule has 0 spiro atoms. The van der Waals surface area contributed by atoms with E-state index in [0.717, 1.165) is 39.1 Å². The Morgan fingerprint density at radius 1 is 1.25 bits per heavy atom. The number of ether oxygens (including phenoxy) is 1. The number of carbonyl (C=O) groups excluding carboxylic acids is 1. The molecule has 8 nitrogen and oxygen atoms in total. The summed E-state index contributed by atoms with van der Waals surface area (Å²) >= 11 is 0. The van der Waals surface area contributed by atoms with E-state index in [1.165, 1.54) is 18.5 Å². The van der Waals surface area contributed by atoms with Crippen molar-refractivity contribution in [2.24, 2.45) is 5.73 Å². The van der Waals surface area contributed by atoms with Gasteiger partial charge in [0.1, 0.15) is 0 Å². The van der Waals surface area contributed by atoms with E-state index in [4.69, 9.17) is 10.5 Å². The monoisotopic (exact) mass is 388 g/mol. The van der Waals surface area contributed by atoms with Crippen molar-refractivity contribution in [1.29, 1.82) is 0 Å². The molecule has 0 unspecified atom stereocenters. The number of piperazine rings is 1. The van der Waals surface area contributed by atoms with Gasteiger partial charge in [-0.15, -0.1) is 0 Å². The third-order valence-corrected chi connectivity index (χ3v) is 4.60. The fourth-order valence-electron chi connectivity index (χ4n) is 2.89. The van der Waals surface area contributed by atoms with Gasteiger partial charge in [-0.2, -0.15) is 0 Å². The first-order chi connectivity index (χ1) is 13.5. The number of aromatic nitrogens is 2. The summed E-state index contributed by atoms with van der Waals surface area (Å²) in [7, 11) is 2.13. The molecule has 9 heteroatoms. The number of nitrogens with one attached hydrogen (secondary N) is 1. The number of nitrogens with zero attached hydrogens (tertiary/aromatic N) is 4. The van der Waals surface area contributed by atoms with E-state index in [0.29, 0.717) is 12.3 Å². The number of benzene rings is 1. The summed E-state index contributed by atoms with van der Waals surface area (Å²) in [6.45, 7) is 5.71. The number of primary amides is 1. The lowest BCUT2D eigenvalue weighted by molar-refractivity contribution is 0.0999. The van der Waals surface area contributed by atoms with Crippen molar-refractivity contribution in [3.8, 4) is 5.75 Å². The van der Waals surface area contributed by atoms with Crippen molar-refractivity contribution in [3.05, 3.63) is 42.0 Å². The molecule has 0 atom stereocenters. The Morgan fingerprint density at radius 2 is 1.96 bits per heavy atom. The smallest absolute Gasteiger partial charge is 0.251 e. The first-order valence-corrected chi connectivity index (χ1v) is 9.23.